The van der Waals surface area contributed by atoms with Crippen molar-refractivity contribution in [3.05, 3.63) is 23.1 Å². The van der Waals surface area contributed by atoms with E-state index in [4.69, 9.17) is 23.1 Å². The van der Waals surface area contributed by atoms with Crippen LogP contribution in [0, 0.1) is 0 Å². The second-order valence-electron chi connectivity index (χ2n) is 2.10. The first-order valence-corrected chi connectivity index (χ1v) is 3.76. The predicted octanol–water partition coefficient (Wildman–Crippen LogP) is 0.684. The summed E-state index contributed by atoms with van der Waals surface area (Å²) in [7, 11) is 0. The number of rotatable bonds is 2. The average Bonchev–Trinajstić information content (AvgIpc) is 2.07. The topological polar surface area (TPSA) is 77.8 Å². The molecule has 0 spiro atoms. The Morgan fingerprint density at radius 1 is 1.58 bits per heavy atom. The quantitative estimate of drug-likeness (QED) is 0.709. The maximum atomic E-state index is 5.60. The Hall–Kier alpha value is -1.13. The Balaban J connectivity index is 2.97. The summed E-state index contributed by atoms with van der Waals surface area (Å²) in [5.74, 6) is 0.351. The minimum absolute atomic E-state index is 0.320. The molecule has 0 amide bonds. The van der Waals surface area contributed by atoms with E-state index in [2.05, 4.69) is 9.97 Å². The van der Waals surface area contributed by atoms with Crippen LogP contribution in [0.15, 0.2) is 12.3 Å². The first-order valence-electron chi connectivity index (χ1n) is 3.38. The van der Waals surface area contributed by atoms with Gasteiger partial charge in [0.05, 0.1) is 6.20 Å². The summed E-state index contributed by atoms with van der Waals surface area (Å²) in [6.45, 7) is 0.438. The van der Waals surface area contributed by atoms with Gasteiger partial charge in [0, 0.05) is 6.54 Å². The average molecular weight is 185 g/mol. The first-order chi connectivity index (χ1) is 5.74. The third-order valence-corrected chi connectivity index (χ3v) is 1.39. The molecule has 0 unspecified atom stereocenters. The van der Waals surface area contributed by atoms with Gasteiger partial charge in [-0.1, -0.05) is 17.7 Å². The van der Waals surface area contributed by atoms with Crippen molar-refractivity contribution in [2.45, 2.75) is 0 Å². The molecule has 1 heterocycles. The summed E-state index contributed by atoms with van der Waals surface area (Å²) in [6, 6.07) is 0. The second-order valence-corrected chi connectivity index (χ2v) is 2.49. The highest BCUT2D eigenvalue weighted by molar-refractivity contribution is 6.29. The predicted molar refractivity (Wildman–Crippen MR) is 49.5 cm³/mol. The molecule has 5 heteroatoms. The normalized spacial score (nSPS) is 10.8. The van der Waals surface area contributed by atoms with Crippen molar-refractivity contribution in [1.82, 2.24) is 9.97 Å². The summed E-state index contributed by atoms with van der Waals surface area (Å²) >= 11 is 5.60. The molecule has 0 atom stereocenters. The molecule has 12 heavy (non-hydrogen) atoms. The monoisotopic (exact) mass is 184 g/mol. The Labute approximate surface area is 75.3 Å². The van der Waals surface area contributed by atoms with Crippen LogP contribution in [0.4, 0.5) is 5.82 Å². The number of nitrogens with zero attached hydrogens (tertiary/aromatic N) is 2. The van der Waals surface area contributed by atoms with Crippen molar-refractivity contribution in [3.8, 4) is 0 Å². The molecule has 0 bridgehead atoms. The molecule has 0 aliphatic rings. The molecular formula is C7H9ClN4. The van der Waals surface area contributed by atoms with E-state index in [1.165, 1.54) is 6.20 Å². The van der Waals surface area contributed by atoms with Crippen LogP contribution in [0.5, 0.6) is 0 Å². The maximum Gasteiger partial charge on any atom is 0.149 e. The van der Waals surface area contributed by atoms with Gasteiger partial charge in [0.15, 0.2) is 0 Å². The van der Waals surface area contributed by atoms with Gasteiger partial charge in [-0.15, -0.1) is 0 Å². The zero-order valence-electron chi connectivity index (χ0n) is 6.37. The van der Waals surface area contributed by atoms with Gasteiger partial charge in [-0.3, -0.25) is 0 Å². The van der Waals surface area contributed by atoms with Crippen molar-refractivity contribution in [1.29, 1.82) is 0 Å². The number of hydrogen-bond donors (Lipinski definition) is 2. The van der Waals surface area contributed by atoms with Gasteiger partial charge in [-0.25, -0.2) is 9.97 Å². The Morgan fingerprint density at radius 2 is 2.33 bits per heavy atom. The van der Waals surface area contributed by atoms with E-state index in [0.29, 0.717) is 23.2 Å². The van der Waals surface area contributed by atoms with Crippen molar-refractivity contribution in [2.24, 2.45) is 5.73 Å². The van der Waals surface area contributed by atoms with E-state index >= 15 is 0 Å². The van der Waals surface area contributed by atoms with Crippen molar-refractivity contribution >= 4 is 23.5 Å². The van der Waals surface area contributed by atoms with Crippen LogP contribution >= 0.6 is 11.6 Å². The number of anilines is 1. The smallest absolute Gasteiger partial charge is 0.149 e. The van der Waals surface area contributed by atoms with Crippen molar-refractivity contribution < 1.29 is 0 Å². The minimum atomic E-state index is 0.320. The highest BCUT2D eigenvalue weighted by Gasteiger charge is 1.98. The molecule has 0 aromatic carbocycles. The number of nitrogens with two attached hydrogens (primary N) is 2. The molecule has 1 aromatic rings. The van der Waals surface area contributed by atoms with Crippen LogP contribution in [0.25, 0.3) is 6.08 Å². The van der Waals surface area contributed by atoms with Crippen LogP contribution in [-0.2, 0) is 0 Å². The molecule has 1 rings (SSSR count). The summed E-state index contributed by atoms with van der Waals surface area (Å²) < 4.78 is 0. The summed E-state index contributed by atoms with van der Waals surface area (Å²) in [5, 5.41) is 0.320. The molecule has 4 nitrogen and oxygen atoms in total. The largest absolute Gasteiger partial charge is 0.382 e. The Morgan fingerprint density at radius 3 is 3.00 bits per heavy atom. The zero-order chi connectivity index (χ0) is 8.97. The molecular weight excluding hydrogens is 176 g/mol. The number of halogens is 1. The van der Waals surface area contributed by atoms with Crippen LogP contribution < -0.4 is 11.5 Å². The van der Waals surface area contributed by atoms with Gasteiger partial charge < -0.3 is 11.5 Å². The standard InChI is InChI=1S/C7H9ClN4/c8-6-4-11-7(10)5(12-6)2-1-3-9/h1-2,4H,3,9H2,(H2,10,11). The van der Waals surface area contributed by atoms with Crippen molar-refractivity contribution in [2.75, 3.05) is 12.3 Å². The summed E-state index contributed by atoms with van der Waals surface area (Å²) in [6.07, 6.45) is 4.82. The van der Waals surface area contributed by atoms with Crippen LogP contribution in [0.3, 0.4) is 0 Å². The Bertz CT molecular complexity index is 297. The second kappa shape index (κ2) is 4.04. The molecule has 0 saturated carbocycles. The first kappa shape index (κ1) is 8.96. The molecule has 0 aliphatic carbocycles. The Kier molecular flexibility index (Phi) is 3.01. The van der Waals surface area contributed by atoms with Gasteiger partial charge in [0.2, 0.25) is 0 Å². The van der Waals surface area contributed by atoms with Gasteiger partial charge in [0.25, 0.3) is 0 Å². The van der Waals surface area contributed by atoms with E-state index in [0.717, 1.165) is 0 Å². The third kappa shape index (κ3) is 2.18. The van der Waals surface area contributed by atoms with Crippen molar-refractivity contribution in [3.63, 3.8) is 0 Å². The van der Waals surface area contributed by atoms with E-state index in [1.807, 2.05) is 0 Å². The summed E-state index contributed by atoms with van der Waals surface area (Å²) in [4.78, 5) is 7.77. The number of nitrogen functional groups attached to an aromatic ring is 1. The fourth-order valence-electron chi connectivity index (χ4n) is 0.692. The van der Waals surface area contributed by atoms with Gasteiger partial charge >= 0.3 is 0 Å². The van der Waals surface area contributed by atoms with E-state index in [-0.39, 0.29) is 0 Å². The molecule has 1 aromatic heterocycles. The van der Waals surface area contributed by atoms with Crippen LogP contribution in [-0.4, -0.2) is 16.5 Å². The highest BCUT2D eigenvalue weighted by atomic mass is 35.5. The van der Waals surface area contributed by atoms with Gasteiger partial charge in [-0.2, -0.15) is 0 Å². The molecule has 0 radical (unpaired) electrons. The van der Waals surface area contributed by atoms with Gasteiger partial charge in [0.1, 0.15) is 16.7 Å². The molecule has 4 N–H and O–H groups in total. The lowest BCUT2D eigenvalue weighted by molar-refractivity contribution is 1.18. The lowest BCUT2D eigenvalue weighted by Crippen LogP contribution is -1.98. The summed E-state index contributed by atoms with van der Waals surface area (Å²) in [5.41, 5.74) is 11.3. The van der Waals surface area contributed by atoms with Crippen LogP contribution in [0.2, 0.25) is 5.15 Å². The number of hydrogen-bond acceptors (Lipinski definition) is 4. The fourth-order valence-corrected chi connectivity index (χ4v) is 0.832. The SMILES string of the molecule is NCC=Cc1nc(Cl)cnc1N. The lowest BCUT2D eigenvalue weighted by atomic mass is 10.3. The third-order valence-electron chi connectivity index (χ3n) is 1.21. The van der Waals surface area contributed by atoms with Gasteiger partial charge in [-0.05, 0) is 6.08 Å². The maximum absolute atomic E-state index is 5.60. The highest BCUT2D eigenvalue weighted by Crippen LogP contribution is 2.10. The molecule has 0 saturated heterocycles. The molecule has 0 fully saturated rings. The number of aromatic nitrogens is 2. The molecule has 64 valence electrons. The zero-order valence-corrected chi connectivity index (χ0v) is 7.12. The fraction of sp³-hybridized carbons (Fsp3) is 0.143. The molecule has 0 aliphatic heterocycles. The van der Waals surface area contributed by atoms with E-state index in [9.17, 15) is 0 Å². The van der Waals surface area contributed by atoms with E-state index in [1.54, 1.807) is 12.2 Å². The van der Waals surface area contributed by atoms with E-state index < -0.39 is 0 Å². The lowest BCUT2D eigenvalue weighted by Gasteiger charge is -1.97. The minimum Gasteiger partial charge on any atom is -0.382 e. The van der Waals surface area contributed by atoms with Crippen LogP contribution in [0.1, 0.15) is 5.69 Å².